The van der Waals surface area contributed by atoms with Crippen molar-refractivity contribution in [3.8, 4) is 0 Å². The molecule has 0 spiro atoms. The van der Waals surface area contributed by atoms with E-state index in [2.05, 4.69) is 10.2 Å². The van der Waals surface area contributed by atoms with Gasteiger partial charge in [0.25, 0.3) is 5.91 Å². The van der Waals surface area contributed by atoms with Crippen LogP contribution in [0.4, 0.5) is 0 Å². The van der Waals surface area contributed by atoms with Crippen molar-refractivity contribution in [2.75, 3.05) is 13.6 Å². The van der Waals surface area contributed by atoms with Crippen molar-refractivity contribution in [3.63, 3.8) is 0 Å². The number of rotatable bonds is 5. The highest BCUT2D eigenvalue weighted by Gasteiger charge is 2.13. The van der Waals surface area contributed by atoms with E-state index in [-0.39, 0.29) is 18.0 Å². The summed E-state index contributed by atoms with van der Waals surface area (Å²) in [5.74, 6) is -1.10. The minimum atomic E-state index is -0.860. The van der Waals surface area contributed by atoms with Gasteiger partial charge in [0, 0.05) is 20.0 Å². The van der Waals surface area contributed by atoms with Crippen LogP contribution >= 0.6 is 0 Å². The molecule has 1 aromatic heterocycles. The molecular weight excluding hydrogens is 222 g/mol. The van der Waals surface area contributed by atoms with Crippen LogP contribution in [0.15, 0.2) is 12.3 Å². The number of carbonyl (C=O) groups is 2. The molecule has 0 aliphatic heterocycles. The van der Waals surface area contributed by atoms with Crippen molar-refractivity contribution < 1.29 is 14.7 Å². The fourth-order valence-electron chi connectivity index (χ4n) is 1.33. The second kappa shape index (κ2) is 5.93. The highest BCUT2D eigenvalue weighted by molar-refractivity contribution is 5.92. The molecule has 0 aromatic carbocycles. The smallest absolute Gasteiger partial charge is 0.303 e. The van der Waals surface area contributed by atoms with Gasteiger partial charge in [0.1, 0.15) is 0 Å². The van der Waals surface area contributed by atoms with E-state index in [9.17, 15) is 9.59 Å². The van der Waals surface area contributed by atoms with Gasteiger partial charge in [-0.05, 0) is 25.0 Å². The van der Waals surface area contributed by atoms with Crippen LogP contribution in [0.2, 0.25) is 0 Å². The molecule has 1 rings (SSSR count). The molecule has 0 aliphatic rings. The third-order valence-electron chi connectivity index (χ3n) is 2.24. The maximum absolute atomic E-state index is 11.8. The van der Waals surface area contributed by atoms with Crippen LogP contribution in [0.5, 0.6) is 0 Å². The van der Waals surface area contributed by atoms with Crippen molar-refractivity contribution in [3.05, 3.63) is 23.5 Å². The minimum Gasteiger partial charge on any atom is -0.481 e. The summed E-state index contributed by atoms with van der Waals surface area (Å²) in [6.07, 6.45) is 2.05. The van der Waals surface area contributed by atoms with Gasteiger partial charge in [-0.3, -0.25) is 9.59 Å². The standard InChI is InChI=1S/C11H15N3O3/c1-8-6-9(13-12-7-8)11(17)14(2)5-3-4-10(15)16/h6-7H,3-5H2,1-2H3,(H,15,16). The van der Waals surface area contributed by atoms with E-state index >= 15 is 0 Å². The van der Waals surface area contributed by atoms with Crippen LogP contribution in [-0.2, 0) is 4.79 Å². The second-order valence-electron chi connectivity index (χ2n) is 3.84. The minimum absolute atomic E-state index is 0.0527. The van der Waals surface area contributed by atoms with Gasteiger partial charge in [-0.1, -0.05) is 0 Å². The average Bonchev–Trinajstić information content (AvgIpc) is 2.27. The van der Waals surface area contributed by atoms with Crippen molar-refractivity contribution in [1.82, 2.24) is 15.1 Å². The lowest BCUT2D eigenvalue weighted by Gasteiger charge is -2.15. The number of carboxylic acids is 1. The topological polar surface area (TPSA) is 83.4 Å². The molecule has 6 nitrogen and oxygen atoms in total. The van der Waals surface area contributed by atoms with Gasteiger partial charge in [0.2, 0.25) is 0 Å². The molecule has 0 unspecified atom stereocenters. The van der Waals surface area contributed by atoms with Gasteiger partial charge in [-0.25, -0.2) is 0 Å². The quantitative estimate of drug-likeness (QED) is 0.815. The Hall–Kier alpha value is -1.98. The molecule has 0 atom stereocenters. The molecule has 17 heavy (non-hydrogen) atoms. The molecule has 0 aliphatic carbocycles. The van der Waals surface area contributed by atoms with E-state index in [1.807, 2.05) is 6.92 Å². The maximum Gasteiger partial charge on any atom is 0.303 e. The first-order valence-electron chi connectivity index (χ1n) is 5.27. The lowest BCUT2D eigenvalue weighted by atomic mass is 10.2. The normalized spacial score (nSPS) is 10.0. The monoisotopic (exact) mass is 237 g/mol. The highest BCUT2D eigenvalue weighted by Crippen LogP contribution is 2.03. The van der Waals surface area contributed by atoms with Gasteiger partial charge in [0.05, 0.1) is 6.20 Å². The average molecular weight is 237 g/mol. The van der Waals surface area contributed by atoms with Crippen LogP contribution in [-0.4, -0.2) is 45.7 Å². The number of aliphatic carboxylic acids is 1. The second-order valence-corrected chi connectivity index (χ2v) is 3.84. The first kappa shape index (κ1) is 13.1. The number of carbonyl (C=O) groups excluding carboxylic acids is 1. The van der Waals surface area contributed by atoms with E-state index in [1.165, 1.54) is 4.90 Å². The zero-order chi connectivity index (χ0) is 12.8. The Labute approximate surface area is 99.3 Å². The Morgan fingerprint density at radius 1 is 1.47 bits per heavy atom. The molecule has 1 N–H and O–H groups in total. The van der Waals surface area contributed by atoms with Gasteiger partial charge in [-0.15, -0.1) is 5.10 Å². The van der Waals surface area contributed by atoms with Crippen LogP contribution in [0.1, 0.15) is 28.9 Å². The highest BCUT2D eigenvalue weighted by atomic mass is 16.4. The summed E-state index contributed by atoms with van der Waals surface area (Å²) in [5.41, 5.74) is 1.14. The summed E-state index contributed by atoms with van der Waals surface area (Å²) in [6.45, 7) is 2.22. The zero-order valence-corrected chi connectivity index (χ0v) is 9.88. The predicted octanol–water partition coefficient (Wildman–Crippen LogP) is 0.722. The van der Waals surface area contributed by atoms with Crippen molar-refractivity contribution >= 4 is 11.9 Å². The molecule has 92 valence electrons. The van der Waals surface area contributed by atoms with Gasteiger partial charge in [-0.2, -0.15) is 5.10 Å². The van der Waals surface area contributed by atoms with E-state index in [0.29, 0.717) is 13.0 Å². The van der Waals surface area contributed by atoms with Crippen LogP contribution < -0.4 is 0 Å². The molecule has 1 aromatic rings. The maximum atomic E-state index is 11.8. The van der Waals surface area contributed by atoms with Crippen LogP contribution in [0.25, 0.3) is 0 Å². The molecule has 1 heterocycles. The Bertz CT molecular complexity index is 420. The number of hydrogen-bond acceptors (Lipinski definition) is 4. The molecule has 0 fully saturated rings. The first-order valence-corrected chi connectivity index (χ1v) is 5.27. The molecule has 0 radical (unpaired) electrons. The Morgan fingerprint density at radius 2 is 2.18 bits per heavy atom. The van der Waals surface area contributed by atoms with Crippen LogP contribution in [0.3, 0.4) is 0 Å². The molecule has 6 heteroatoms. The van der Waals surface area contributed by atoms with E-state index in [4.69, 9.17) is 5.11 Å². The number of amides is 1. The van der Waals surface area contributed by atoms with Crippen molar-refractivity contribution in [2.24, 2.45) is 0 Å². The number of hydrogen-bond donors (Lipinski definition) is 1. The number of aromatic nitrogens is 2. The summed E-state index contributed by atoms with van der Waals surface area (Å²) < 4.78 is 0. The summed E-state index contributed by atoms with van der Waals surface area (Å²) in [7, 11) is 1.62. The number of aryl methyl sites for hydroxylation is 1. The lowest BCUT2D eigenvalue weighted by molar-refractivity contribution is -0.137. The zero-order valence-electron chi connectivity index (χ0n) is 9.88. The van der Waals surface area contributed by atoms with Crippen molar-refractivity contribution in [2.45, 2.75) is 19.8 Å². The summed E-state index contributed by atoms with van der Waals surface area (Å²) in [6, 6.07) is 1.66. The van der Waals surface area contributed by atoms with Crippen LogP contribution in [0, 0.1) is 6.92 Å². The van der Waals surface area contributed by atoms with Crippen molar-refractivity contribution in [1.29, 1.82) is 0 Å². The van der Waals surface area contributed by atoms with E-state index in [1.54, 1.807) is 19.3 Å². The molecule has 0 saturated carbocycles. The third kappa shape index (κ3) is 4.18. The number of nitrogens with zero attached hydrogens (tertiary/aromatic N) is 3. The largest absolute Gasteiger partial charge is 0.481 e. The lowest BCUT2D eigenvalue weighted by Crippen LogP contribution is -2.29. The fraction of sp³-hybridized carbons (Fsp3) is 0.455. The van der Waals surface area contributed by atoms with Gasteiger partial charge >= 0.3 is 5.97 Å². The SMILES string of the molecule is Cc1cnnc(C(=O)N(C)CCCC(=O)O)c1. The summed E-state index contributed by atoms with van der Waals surface area (Å²) in [5, 5.41) is 15.9. The van der Waals surface area contributed by atoms with Gasteiger partial charge < -0.3 is 10.0 Å². The van der Waals surface area contributed by atoms with E-state index in [0.717, 1.165) is 5.56 Å². The Kier molecular flexibility index (Phi) is 4.56. The molecule has 0 saturated heterocycles. The van der Waals surface area contributed by atoms with Gasteiger partial charge in [0.15, 0.2) is 5.69 Å². The van der Waals surface area contributed by atoms with E-state index < -0.39 is 5.97 Å². The first-order chi connectivity index (χ1) is 8.00. The molecule has 0 bridgehead atoms. The summed E-state index contributed by atoms with van der Waals surface area (Å²) >= 11 is 0. The molecular formula is C11H15N3O3. The Morgan fingerprint density at radius 3 is 2.76 bits per heavy atom. The molecule has 1 amide bonds. The Balaban J connectivity index is 2.54. The predicted molar refractivity (Wildman–Crippen MR) is 60.6 cm³/mol. The summed E-state index contributed by atoms with van der Waals surface area (Å²) in [4.78, 5) is 23.6. The third-order valence-corrected chi connectivity index (χ3v) is 2.24. The number of carboxylic acid groups (broad SMARTS) is 1. The fourth-order valence-corrected chi connectivity index (χ4v) is 1.33.